The normalized spacial score (nSPS) is 14.2. The van der Waals surface area contributed by atoms with Gasteiger partial charge in [-0.25, -0.2) is 8.78 Å². The van der Waals surface area contributed by atoms with E-state index in [1.807, 2.05) is 35.2 Å². The summed E-state index contributed by atoms with van der Waals surface area (Å²) in [4.78, 5) is 14.3. The number of carbonyl (C=O) groups is 1. The standard InChI is InChI=1S/C26H25F2NO3/c27-21-5-1-3-19(15-21)17-26(30)29-13-11-25(12-14-29)32-24-9-7-23(8-10-24)31-18-20-4-2-6-22(28)16-20/h1-10,15-16,25H,11-14,17-18H2. The average molecular weight is 437 g/mol. The summed E-state index contributed by atoms with van der Waals surface area (Å²) in [6, 6.07) is 19.8. The van der Waals surface area contributed by atoms with Crippen LogP contribution in [0.3, 0.4) is 0 Å². The zero-order valence-corrected chi connectivity index (χ0v) is 17.7. The molecule has 32 heavy (non-hydrogen) atoms. The van der Waals surface area contributed by atoms with Gasteiger partial charge in [0.2, 0.25) is 5.91 Å². The second kappa shape index (κ2) is 10.3. The highest BCUT2D eigenvalue weighted by Crippen LogP contribution is 2.23. The number of benzene rings is 3. The lowest BCUT2D eigenvalue weighted by Crippen LogP contribution is -2.42. The van der Waals surface area contributed by atoms with Crippen LogP contribution < -0.4 is 9.47 Å². The van der Waals surface area contributed by atoms with E-state index >= 15 is 0 Å². The van der Waals surface area contributed by atoms with Gasteiger partial charge in [-0.1, -0.05) is 24.3 Å². The monoisotopic (exact) mass is 437 g/mol. The fraction of sp³-hybridized carbons (Fsp3) is 0.269. The van der Waals surface area contributed by atoms with Crippen molar-refractivity contribution in [3.05, 3.63) is 95.6 Å². The number of ether oxygens (including phenoxy) is 2. The molecule has 1 aliphatic rings. The van der Waals surface area contributed by atoms with Crippen LogP contribution in [-0.2, 0) is 17.8 Å². The molecule has 3 aromatic rings. The highest BCUT2D eigenvalue weighted by molar-refractivity contribution is 5.78. The molecule has 0 spiro atoms. The van der Waals surface area contributed by atoms with Crippen molar-refractivity contribution in [1.29, 1.82) is 0 Å². The molecule has 6 heteroatoms. The minimum atomic E-state index is -0.326. The smallest absolute Gasteiger partial charge is 0.226 e. The highest BCUT2D eigenvalue weighted by Gasteiger charge is 2.24. The van der Waals surface area contributed by atoms with Crippen molar-refractivity contribution in [1.82, 2.24) is 4.90 Å². The van der Waals surface area contributed by atoms with Crippen LogP contribution in [0.2, 0.25) is 0 Å². The molecule has 4 rings (SSSR count). The van der Waals surface area contributed by atoms with Crippen molar-refractivity contribution in [3.63, 3.8) is 0 Å². The highest BCUT2D eigenvalue weighted by atomic mass is 19.1. The number of rotatable bonds is 7. The Bertz CT molecular complexity index is 1050. The lowest BCUT2D eigenvalue weighted by molar-refractivity contribution is -0.132. The zero-order valence-electron chi connectivity index (χ0n) is 17.7. The van der Waals surface area contributed by atoms with E-state index in [0.717, 1.165) is 24.2 Å². The third-order valence-corrected chi connectivity index (χ3v) is 5.46. The third kappa shape index (κ3) is 6.06. The van der Waals surface area contributed by atoms with E-state index < -0.39 is 0 Å². The molecule has 0 atom stereocenters. The molecule has 0 aromatic heterocycles. The van der Waals surface area contributed by atoms with Gasteiger partial charge in [0.1, 0.15) is 35.8 Å². The van der Waals surface area contributed by atoms with Crippen molar-refractivity contribution in [2.45, 2.75) is 32.0 Å². The number of nitrogens with zero attached hydrogens (tertiary/aromatic N) is 1. The van der Waals surface area contributed by atoms with Crippen molar-refractivity contribution >= 4 is 5.91 Å². The molecule has 0 bridgehead atoms. The molecule has 1 fully saturated rings. The van der Waals surface area contributed by atoms with Crippen LogP contribution >= 0.6 is 0 Å². The fourth-order valence-electron chi connectivity index (χ4n) is 3.76. The summed E-state index contributed by atoms with van der Waals surface area (Å²) in [5.74, 6) is 0.824. The lowest BCUT2D eigenvalue weighted by Gasteiger charge is -2.32. The Morgan fingerprint density at radius 1 is 0.844 bits per heavy atom. The van der Waals surface area contributed by atoms with Gasteiger partial charge >= 0.3 is 0 Å². The van der Waals surface area contributed by atoms with E-state index in [9.17, 15) is 13.6 Å². The van der Waals surface area contributed by atoms with Crippen LogP contribution in [0.5, 0.6) is 11.5 Å². The second-order valence-electron chi connectivity index (χ2n) is 7.89. The molecule has 0 radical (unpaired) electrons. The van der Waals surface area contributed by atoms with Crippen molar-refractivity contribution in [3.8, 4) is 11.5 Å². The number of carbonyl (C=O) groups excluding carboxylic acids is 1. The van der Waals surface area contributed by atoms with Gasteiger partial charge in [-0.15, -0.1) is 0 Å². The minimum Gasteiger partial charge on any atom is -0.490 e. The van der Waals surface area contributed by atoms with Crippen LogP contribution in [0.25, 0.3) is 0 Å². The molecule has 4 nitrogen and oxygen atoms in total. The number of hydrogen-bond donors (Lipinski definition) is 0. The summed E-state index contributed by atoms with van der Waals surface area (Å²) in [5.41, 5.74) is 1.46. The van der Waals surface area contributed by atoms with Crippen molar-refractivity contribution < 1.29 is 23.0 Å². The molecule has 0 saturated carbocycles. The number of likely N-dealkylation sites (tertiary alicyclic amines) is 1. The van der Waals surface area contributed by atoms with E-state index in [1.165, 1.54) is 24.3 Å². The Hall–Kier alpha value is -3.41. The van der Waals surface area contributed by atoms with Gasteiger partial charge in [0.05, 0.1) is 6.42 Å². The zero-order chi connectivity index (χ0) is 22.3. The largest absolute Gasteiger partial charge is 0.490 e. The lowest BCUT2D eigenvalue weighted by atomic mass is 10.1. The molecule has 0 unspecified atom stereocenters. The quantitative estimate of drug-likeness (QED) is 0.513. The number of halogens is 2. The molecular formula is C26H25F2NO3. The Balaban J connectivity index is 1.22. The molecule has 0 N–H and O–H groups in total. The van der Waals surface area contributed by atoms with E-state index in [-0.39, 0.29) is 30.1 Å². The summed E-state index contributed by atoms with van der Waals surface area (Å²) in [6.45, 7) is 1.53. The first kappa shape index (κ1) is 21.8. The summed E-state index contributed by atoms with van der Waals surface area (Å²) in [7, 11) is 0. The predicted molar refractivity (Wildman–Crippen MR) is 118 cm³/mol. The van der Waals surface area contributed by atoms with Crippen molar-refractivity contribution in [2.75, 3.05) is 13.1 Å². The Labute approximate surface area is 186 Å². The molecule has 1 aliphatic heterocycles. The maximum absolute atomic E-state index is 13.3. The van der Waals surface area contributed by atoms with Crippen LogP contribution in [0.4, 0.5) is 8.78 Å². The number of piperidine rings is 1. The molecule has 0 aliphatic carbocycles. The molecule has 1 heterocycles. The first-order valence-corrected chi connectivity index (χ1v) is 10.7. The Morgan fingerprint density at radius 3 is 2.09 bits per heavy atom. The van der Waals surface area contributed by atoms with E-state index in [0.29, 0.717) is 31.0 Å². The van der Waals surface area contributed by atoms with Gasteiger partial charge in [-0.2, -0.15) is 0 Å². The van der Waals surface area contributed by atoms with Gasteiger partial charge in [-0.3, -0.25) is 4.79 Å². The van der Waals surface area contributed by atoms with Crippen molar-refractivity contribution in [2.24, 2.45) is 0 Å². The van der Waals surface area contributed by atoms with Crippen LogP contribution in [0, 0.1) is 11.6 Å². The van der Waals surface area contributed by atoms with Gasteiger partial charge < -0.3 is 14.4 Å². The maximum atomic E-state index is 13.3. The minimum absolute atomic E-state index is 0.00819. The summed E-state index contributed by atoms with van der Waals surface area (Å²) >= 11 is 0. The fourth-order valence-corrected chi connectivity index (χ4v) is 3.76. The summed E-state index contributed by atoms with van der Waals surface area (Å²) < 4.78 is 38.3. The van der Waals surface area contributed by atoms with Crippen LogP contribution in [0.1, 0.15) is 24.0 Å². The molecule has 3 aromatic carbocycles. The van der Waals surface area contributed by atoms with E-state index in [1.54, 1.807) is 18.2 Å². The SMILES string of the molecule is O=C(Cc1cccc(F)c1)N1CCC(Oc2ccc(OCc3cccc(F)c3)cc2)CC1. The predicted octanol–water partition coefficient (Wildman–Crippen LogP) is 5.16. The second-order valence-corrected chi connectivity index (χ2v) is 7.89. The third-order valence-electron chi connectivity index (χ3n) is 5.46. The van der Waals surface area contributed by atoms with Gasteiger partial charge in [0.15, 0.2) is 0 Å². The Morgan fingerprint density at radius 2 is 1.44 bits per heavy atom. The maximum Gasteiger partial charge on any atom is 0.226 e. The topological polar surface area (TPSA) is 38.8 Å². The van der Waals surface area contributed by atoms with Gasteiger partial charge in [0, 0.05) is 25.9 Å². The van der Waals surface area contributed by atoms with Crippen LogP contribution in [0.15, 0.2) is 72.8 Å². The molecule has 166 valence electrons. The molecule has 1 saturated heterocycles. The van der Waals surface area contributed by atoms with E-state index in [4.69, 9.17) is 9.47 Å². The summed E-state index contributed by atoms with van der Waals surface area (Å²) in [5, 5.41) is 0. The molecule has 1 amide bonds. The van der Waals surface area contributed by atoms with Gasteiger partial charge in [0.25, 0.3) is 0 Å². The van der Waals surface area contributed by atoms with E-state index in [2.05, 4.69) is 0 Å². The summed E-state index contributed by atoms with van der Waals surface area (Å²) in [6.07, 6.45) is 1.73. The van der Waals surface area contributed by atoms with Crippen LogP contribution in [-0.4, -0.2) is 30.0 Å². The molecular weight excluding hydrogens is 412 g/mol. The number of hydrogen-bond acceptors (Lipinski definition) is 3. The number of amides is 1. The first-order chi connectivity index (χ1) is 15.5. The first-order valence-electron chi connectivity index (χ1n) is 10.7. The average Bonchev–Trinajstić information content (AvgIpc) is 2.79. The Kier molecular flexibility index (Phi) is 7.00. The van der Waals surface area contributed by atoms with Gasteiger partial charge in [-0.05, 0) is 59.7 Å².